The Balaban J connectivity index is 1.32. The van der Waals surface area contributed by atoms with Crippen LogP contribution in [0.15, 0.2) is 53.5 Å². The first kappa shape index (κ1) is 16.7. The van der Waals surface area contributed by atoms with Gasteiger partial charge in [-0.2, -0.15) is 0 Å². The molecule has 2 aliphatic heterocycles. The lowest BCUT2D eigenvalue weighted by molar-refractivity contribution is 0.277. The molecule has 1 fully saturated rings. The third-order valence-corrected chi connectivity index (χ3v) is 5.76. The third-order valence-electron chi connectivity index (χ3n) is 4.73. The fourth-order valence-electron chi connectivity index (χ4n) is 3.31. The van der Waals surface area contributed by atoms with E-state index in [0.717, 1.165) is 37.6 Å². The fraction of sp³-hybridized carbons (Fsp3) is 0.381. The predicted octanol–water partition coefficient (Wildman–Crippen LogP) is 3.90. The van der Waals surface area contributed by atoms with Crippen LogP contribution in [0, 0.1) is 0 Å². The van der Waals surface area contributed by atoms with Crippen LogP contribution in [0.3, 0.4) is 0 Å². The lowest BCUT2D eigenvalue weighted by Gasteiger charge is -2.12. The second-order valence-electron chi connectivity index (χ2n) is 6.66. The van der Waals surface area contributed by atoms with Gasteiger partial charge in [-0.15, -0.1) is 11.8 Å². The zero-order chi connectivity index (χ0) is 16.9. The molecule has 0 amide bonds. The van der Waals surface area contributed by atoms with E-state index in [1.54, 1.807) is 0 Å². The summed E-state index contributed by atoms with van der Waals surface area (Å²) in [7, 11) is 0. The van der Waals surface area contributed by atoms with Gasteiger partial charge in [0.15, 0.2) is 0 Å². The Labute approximate surface area is 153 Å². The van der Waals surface area contributed by atoms with Gasteiger partial charge in [-0.05, 0) is 49.1 Å². The molecular weight excluding hydrogens is 328 g/mol. The maximum Gasteiger partial charge on any atom is 0.119 e. The highest BCUT2D eigenvalue weighted by molar-refractivity contribution is 8.14. The number of aliphatic imine (C=N–C) groups is 1. The predicted molar refractivity (Wildman–Crippen MR) is 106 cm³/mol. The third kappa shape index (κ3) is 4.44. The summed E-state index contributed by atoms with van der Waals surface area (Å²) < 4.78 is 5.89. The highest BCUT2D eigenvalue weighted by Gasteiger charge is 2.14. The summed E-state index contributed by atoms with van der Waals surface area (Å²) in [5, 5.41) is 4.65. The standard InChI is InChI=1S/C21H24N2OS/c1-2-19(22-11-1)15-24-20-9-5-17(6-10-20)14-16-3-7-18(8-4-16)21-23-12-13-25-21/h3-10,19,22H,1-2,11-15H2/t19-/m1/s1. The summed E-state index contributed by atoms with van der Waals surface area (Å²) in [5.74, 6) is 2.08. The summed E-state index contributed by atoms with van der Waals surface area (Å²) in [4.78, 5) is 4.54. The number of rotatable bonds is 6. The van der Waals surface area contributed by atoms with E-state index in [2.05, 4.69) is 58.8 Å². The van der Waals surface area contributed by atoms with Crippen LogP contribution in [0.2, 0.25) is 0 Å². The Morgan fingerprint density at radius 3 is 2.44 bits per heavy atom. The van der Waals surface area contributed by atoms with Gasteiger partial charge in [-0.3, -0.25) is 4.99 Å². The molecule has 0 saturated carbocycles. The minimum atomic E-state index is 0.515. The molecule has 130 valence electrons. The van der Waals surface area contributed by atoms with Gasteiger partial charge in [-0.1, -0.05) is 36.4 Å². The number of benzene rings is 2. The Kier molecular flexibility index (Phi) is 5.38. The highest BCUT2D eigenvalue weighted by Crippen LogP contribution is 2.21. The van der Waals surface area contributed by atoms with Crippen molar-refractivity contribution in [1.82, 2.24) is 5.32 Å². The van der Waals surface area contributed by atoms with E-state index in [9.17, 15) is 0 Å². The van der Waals surface area contributed by atoms with Gasteiger partial charge < -0.3 is 10.1 Å². The topological polar surface area (TPSA) is 33.6 Å². The number of nitrogens with zero attached hydrogens (tertiary/aromatic N) is 1. The molecule has 0 aliphatic carbocycles. The molecule has 2 aliphatic rings. The molecule has 4 rings (SSSR count). The van der Waals surface area contributed by atoms with Crippen molar-refractivity contribution in [2.75, 3.05) is 25.4 Å². The van der Waals surface area contributed by atoms with Crippen LogP contribution in [-0.2, 0) is 6.42 Å². The van der Waals surface area contributed by atoms with Crippen molar-refractivity contribution in [3.8, 4) is 5.75 Å². The molecule has 1 saturated heterocycles. The number of hydrogen-bond donors (Lipinski definition) is 1. The number of hydrogen-bond acceptors (Lipinski definition) is 4. The minimum absolute atomic E-state index is 0.515. The van der Waals surface area contributed by atoms with Gasteiger partial charge in [0, 0.05) is 23.9 Å². The fourth-order valence-corrected chi connectivity index (χ4v) is 4.17. The molecule has 0 bridgehead atoms. The van der Waals surface area contributed by atoms with Gasteiger partial charge in [0.2, 0.25) is 0 Å². The van der Waals surface area contributed by atoms with E-state index in [1.807, 2.05) is 11.8 Å². The lowest BCUT2D eigenvalue weighted by Crippen LogP contribution is -2.28. The van der Waals surface area contributed by atoms with Gasteiger partial charge in [-0.25, -0.2) is 0 Å². The second-order valence-corrected chi connectivity index (χ2v) is 7.74. The quantitative estimate of drug-likeness (QED) is 0.856. The molecule has 2 aromatic carbocycles. The first-order chi connectivity index (χ1) is 12.4. The minimum Gasteiger partial charge on any atom is -0.492 e. The lowest BCUT2D eigenvalue weighted by atomic mass is 10.0. The van der Waals surface area contributed by atoms with Crippen LogP contribution in [0.1, 0.15) is 29.5 Å². The molecule has 1 N–H and O–H groups in total. The highest BCUT2D eigenvalue weighted by atomic mass is 32.2. The van der Waals surface area contributed by atoms with Crippen LogP contribution < -0.4 is 10.1 Å². The molecule has 3 nitrogen and oxygen atoms in total. The van der Waals surface area contributed by atoms with E-state index in [-0.39, 0.29) is 0 Å². The average molecular weight is 353 g/mol. The smallest absolute Gasteiger partial charge is 0.119 e. The van der Waals surface area contributed by atoms with Crippen LogP contribution in [0.25, 0.3) is 0 Å². The number of ether oxygens (including phenoxy) is 1. The van der Waals surface area contributed by atoms with E-state index in [4.69, 9.17) is 4.74 Å². The Morgan fingerprint density at radius 1 is 1.04 bits per heavy atom. The largest absolute Gasteiger partial charge is 0.492 e. The summed E-state index contributed by atoms with van der Waals surface area (Å²) in [6.45, 7) is 2.84. The van der Waals surface area contributed by atoms with Gasteiger partial charge in [0.05, 0.1) is 5.04 Å². The summed E-state index contributed by atoms with van der Waals surface area (Å²) in [5.41, 5.74) is 3.89. The molecule has 0 spiro atoms. The van der Waals surface area contributed by atoms with Crippen LogP contribution in [0.5, 0.6) is 5.75 Å². The molecule has 2 aromatic rings. The van der Waals surface area contributed by atoms with Crippen molar-refractivity contribution in [2.24, 2.45) is 4.99 Å². The van der Waals surface area contributed by atoms with Crippen molar-refractivity contribution in [1.29, 1.82) is 0 Å². The monoisotopic (exact) mass is 352 g/mol. The van der Waals surface area contributed by atoms with Crippen molar-refractivity contribution in [3.05, 3.63) is 65.2 Å². The summed E-state index contributed by atoms with van der Waals surface area (Å²) >= 11 is 1.85. The molecule has 2 heterocycles. The van der Waals surface area contributed by atoms with Gasteiger partial charge >= 0.3 is 0 Å². The van der Waals surface area contributed by atoms with Crippen LogP contribution in [0.4, 0.5) is 0 Å². The zero-order valence-electron chi connectivity index (χ0n) is 14.4. The van der Waals surface area contributed by atoms with E-state index >= 15 is 0 Å². The Morgan fingerprint density at radius 2 is 1.80 bits per heavy atom. The molecule has 25 heavy (non-hydrogen) atoms. The van der Waals surface area contributed by atoms with Gasteiger partial charge in [0.1, 0.15) is 12.4 Å². The van der Waals surface area contributed by atoms with Gasteiger partial charge in [0.25, 0.3) is 0 Å². The van der Waals surface area contributed by atoms with E-state index in [0.29, 0.717) is 6.04 Å². The number of nitrogens with one attached hydrogen (secondary N) is 1. The molecule has 0 unspecified atom stereocenters. The first-order valence-electron chi connectivity index (χ1n) is 9.08. The second kappa shape index (κ2) is 8.07. The zero-order valence-corrected chi connectivity index (χ0v) is 15.2. The Bertz CT molecular complexity index is 719. The maximum atomic E-state index is 5.89. The molecule has 0 radical (unpaired) electrons. The molecule has 1 atom stereocenters. The normalized spacial score (nSPS) is 19.8. The maximum absolute atomic E-state index is 5.89. The Hall–Kier alpha value is -1.78. The molecule has 0 aromatic heterocycles. The van der Waals surface area contributed by atoms with Crippen molar-refractivity contribution < 1.29 is 4.74 Å². The van der Waals surface area contributed by atoms with Crippen molar-refractivity contribution in [2.45, 2.75) is 25.3 Å². The average Bonchev–Trinajstić information content (AvgIpc) is 3.36. The summed E-state index contributed by atoms with van der Waals surface area (Å²) in [6.07, 6.45) is 3.43. The molecular formula is C21H24N2OS. The van der Waals surface area contributed by atoms with Crippen molar-refractivity contribution in [3.63, 3.8) is 0 Å². The number of thioether (sulfide) groups is 1. The summed E-state index contributed by atoms with van der Waals surface area (Å²) in [6, 6.07) is 17.8. The van der Waals surface area contributed by atoms with Crippen LogP contribution >= 0.6 is 11.8 Å². The first-order valence-corrected chi connectivity index (χ1v) is 10.1. The molecule has 4 heteroatoms. The SMILES string of the molecule is c1cc(OC[C@H]2CCCN2)ccc1Cc1ccc(C2=NCCS2)cc1. The van der Waals surface area contributed by atoms with Crippen molar-refractivity contribution >= 4 is 16.8 Å². The van der Waals surface area contributed by atoms with E-state index in [1.165, 1.54) is 34.6 Å². The van der Waals surface area contributed by atoms with E-state index < -0.39 is 0 Å². The van der Waals surface area contributed by atoms with Crippen LogP contribution in [-0.4, -0.2) is 36.5 Å².